The number of aryl methyl sites for hydroxylation is 1. The zero-order chi connectivity index (χ0) is 49.7. The molecule has 2 unspecified atom stereocenters. The minimum Gasteiger partial charge on any atom is -0.394 e. The van der Waals surface area contributed by atoms with Crippen LogP contribution in [0.2, 0.25) is 0 Å². The number of hydrogen-bond acceptors (Lipinski definition) is 16. The number of fused-ring (bicyclic) bond motifs is 1. The Balaban J connectivity index is 0.735. The van der Waals surface area contributed by atoms with Crippen molar-refractivity contribution in [3.63, 3.8) is 0 Å². The van der Waals surface area contributed by atoms with Gasteiger partial charge in [0.25, 0.3) is 11.5 Å². The lowest BCUT2D eigenvalue weighted by molar-refractivity contribution is -0.126. The lowest BCUT2D eigenvalue weighted by atomic mass is 9.96. The van der Waals surface area contributed by atoms with Crippen LogP contribution in [0.5, 0.6) is 0 Å². The summed E-state index contributed by atoms with van der Waals surface area (Å²) in [5, 5.41) is 37.2. The Labute approximate surface area is 413 Å². The third-order valence-corrected chi connectivity index (χ3v) is 13.3. The Kier molecular flexibility index (Phi) is 17.0. The van der Waals surface area contributed by atoms with Crippen molar-refractivity contribution in [1.82, 2.24) is 65.0 Å². The van der Waals surface area contributed by atoms with Crippen LogP contribution in [-0.2, 0) is 27.4 Å². The Morgan fingerprint density at radius 2 is 1.75 bits per heavy atom. The Morgan fingerprint density at radius 1 is 0.972 bits per heavy atom. The lowest BCUT2D eigenvalue weighted by Gasteiger charge is -2.31. The molecule has 21 nitrogen and oxygen atoms in total. The van der Waals surface area contributed by atoms with Gasteiger partial charge in [-0.15, -0.1) is 10.2 Å². The third-order valence-electron chi connectivity index (χ3n) is 12.3. The van der Waals surface area contributed by atoms with E-state index < -0.39 is 23.4 Å². The second kappa shape index (κ2) is 24.1. The van der Waals surface area contributed by atoms with Gasteiger partial charge >= 0.3 is 5.69 Å². The maximum atomic E-state index is 13.0. The van der Waals surface area contributed by atoms with Gasteiger partial charge in [-0.25, -0.2) is 24.1 Å². The predicted octanol–water partition coefficient (Wildman–Crippen LogP) is 1.16. The van der Waals surface area contributed by atoms with E-state index in [1.165, 1.54) is 10.8 Å². The summed E-state index contributed by atoms with van der Waals surface area (Å²) in [4.78, 5) is 63.8. The summed E-state index contributed by atoms with van der Waals surface area (Å²) in [5.74, 6) is 12.6. The molecule has 2 saturated heterocycles. The quantitative estimate of drug-likeness (QED) is 0.0401. The van der Waals surface area contributed by atoms with E-state index in [0.717, 1.165) is 54.8 Å². The highest BCUT2D eigenvalue weighted by molar-refractivity contribution is 7.99. The number of piperidine rings is 1. The molecule has 370 valence electrons. The number of thioether (sulfide) groups is 1. The van der Waals surface area contributed by atoms with Gasteiger partial charge in [0, 0.05) is 84.7 Å². The zero-order valence-electron chi connectivity index (χ0n) is 39.6. The van der Waals surface area contributed by atoms with E-state index in [1.54, 1.807) is 46.4 Å². The molecule has 2 aromatic carbocycles. The molecule has 3 atom stereocenters. The number of likely N-dealkylation sites (tertiary alicyclic amines) is 1. The van der Waals surface area contributed by atoms with Crippen LogP contribution in [0.25, 0.3) is 22.4 Å². The molecule has 6 aromatic rings. The van der Waals surface area contributed by atoms with Gasteiger partial charge in [-0.05, 0) is 69.1 Å². The van der Waals surface area contributed by atoms with Crippen molar-refractivity contribution < 1.29 is 19.4 Å². The number of aliphatic hydroxyl groups excluding tert-OH is 1. The number of nitrogens with two attached hydrogens (primary N) is 1. The summed E-state index contributed by atoms with van der Waals surface area (Å²) in [6, 6.07) is 14.8. The maximum absolute atomic E-state index is 13.0. The fourth-order valence-electron chi connectivity index (χ4n) is 8.46. The molecule has 0 bridgehead atoms. The smallest absolute Gasteiger partial charge is 0.328 e. The van der Waals surface area contributed by atoms with Crippen LogP contribution in [0.4, 0.5) is 5.82 Å². The molecule has 71 heavy (non-hydrogen) atoms. The van der Waals surface area contributed by atoms with Crippen LogP contribution < -0.4 is 32.9 Å². The third kappa shape index (κ3) is 13.0. The average Bonchev–Trinajstić information content (AvgIpc) is 4.15. The molecule has 7 N–H and O–H groups in total. The van der Waals surface area contributed by atoms with Crippen molar-refractivity contribution in [2.75, 3.05) is 70.1 Å². The van der Waals surface area contributed by atoms with E-state index >= 15 is 0 Å². The molecule has 0 spiro atoms. The van der Waals surface area contributed by atoms with Crippen molar-refractivity contribution in [3.8, 4) is 34.9 Å². The molecule has 0 radical (unpaired) electrons. The monoisotopic (exact) mass is 983 g/mol. The van der Waals surface area contributed by atoms with Gasteiger partial charge in [-0.1, -0.05) is 71.1 Å². The molecule has 2 amide bonds. The summed E-state index contributed by atoms with van der Waals surface area (Å²) >= 11 is 1.59. The standard InChI is InChI=1S/C49H57N15O6S/c1-3-25-71-48-54-44(52-20-18-50)42-45(55-48)64(60-58-42)27-35-8-6-33(7-9-35)5-4-19-53-47(68)37-16-22-61(23-17-37)24-21-51-41(66)15-12-34-10-13-36(14-11-34)39-29-63(59-57-39)43-38(31-70-40(43)30-65)28-62-26-32(2)46(67)56-49(62)69/h6-11,13-14,26,29,37-38,40,43,65H,3,16-25,27-28,30-31,50H2,1-2H3,(H,51,66)(H,53,68)(H,52,54,55)(H,56,67,69)/t38?,40-,43?/m0/s1. The minimum absolute atomic E-state index is 0.00196. The number of anilines is 1. The van der Waals surface area contributed by atoms with Gasteiger partial charge in [0.05, 0.1) is 38.5 Å². The molecule has 6 heterocycles. The van der Waals surface area contributed by atoms with Crippen LogP contribution >= 0.6 is 11.8 Å². The average molecular weight is 984 g/mol. The van der Waals surface area contributed by atoms with E-state index in [4.69, 9.17) is 15.5 Å². The molecule has 2 fully saturated rings. The fourth-order valence-corrected chi connectivity index (χ4v) is 9.16. The first-order valence-electron chi connectivity index (χ1n) is 23.7. The first-order valence-corrected chi connectivity index (χ1v) is 24.7. The second-order valence-corrected chi connectivity index (χ2v) is 18.4. The van der Waals surface area contributed by atoms with Gasteiger partial charge in [0.2, 0.25) is 5.91 Å². The van der Waals surface area contributed by atoms with Crippen molar-refractivity contribution in [1.29, 1.82) is 0 Å². The number of carbonyl (C=O) groups is 2. The SMILES string of the molecule is CCCSc1nc(NCCN)c2nnn(Cc3ccc(C#CCNC(=O)C4CCN(CCNC(=O)C#Cc5ccc(-c6cn(C7C(Cn8cc(C)c(=O)[nH]c8=O)CO[C@H]7CO)nn6)cc5)CC4)cc3)c2n1. The summed E-state index contributed by atoms with van der Waals surface area (Å²) in [6.45, 7) is 8.38. The minimum atomic E-state index is -0.554. The number of benzene rings is 2. The number of nitrogens with zero attached hydrogens (tertiary/aromatic N) is 10. The number of rotatable bonds is 18. The molecule has 4 aromatic heterocycles. The van der Waals surface area contributed by atoms with E-state index in [9.17, 15) is 24.3 Å². The van der Waals surface area contributed by atoms with E-state index in [0.29, 0.717) is 71.7 Å². The number of nitrogens with one attached hydrogen (secondary N) is 4. The highest BCUT2D eigenvalue weighted by Crippen LogP contribution is 2.33. The van der Waals surface area contributed by atoms with Gasteiger partial charge in [-0.2, -0.15) is 0 Å². The highest BCUT2D eigenvalue weighted by atomic mass is 32.2. The molecular weight excluding hydrogens is 927 g/mol. The number of ether oxygens (including phenoxy) is 1. The first-order chi connectivity index (χ1) is 34.6. The van der Waals surface area contributed by atoms with Gasteiger partial charge < -0.3 is 36.4 Å². The lowest BCUT2D eigenvalue weighted by Crippen LogP contribution is -2.43. The number of aromatic amines is 1. The molecule has 0 saturated carbocycles. The number of carbonyl (C=O) groups excluding carboxylic acids is 2. The normalized spacial score (nSPS) is 17.0. The van der Waals surface area contributed by atoms with Crippen LogP contribution in [0, 0.1) is 42.4 Å². The summed E-state index contributed by atoms with van der Waals surface area (Å²) < 4.78 is 10.7. The Bertz CT molecular complexity index is 3050. The maximum Gasteiger partial charge on any atom is 0.328 e. The van der Waals surface area contributed by atoms with Crippen molar-refractivity contribution in [3.05, 3.63) is 104 Å². The fraction of sp³-hybridized carbons (Fsp3) is 0.429. The highest BCUT2D eigenvalue weighted by Gasteiger charge is 2.39. The number of aliphatic hydroxyl groups is 1. The van der Waals surface area contributed by atoms with Gasteiger partial charge in [0.1, 0.15) is 11.8 Å². The Hall–Kier alpha value is -7.21. The number of H-pyrrole nitrogens is 1. The summed E-state index contributed by atoms with van der Waals surface area (Å²) in [7, 11) is 0. The Morgan fingerprint density at radius 3 is 2.51 bits per heavy atom. The largest absolute Gasteiger partial charge is 0.394 e. The predicted molar refractivity (Wildman–Crippen MR) is 267 cm³/mol. The second-order valence-electron chi connectivity index (χ2n) is 17.4. The van der Waals surface area contributed by atoms with Crippen LogP contribution in [-0.4, -0.2) is 142 Å². The number of aromatic nitrogens is 10. The van der Waals surface area contributed by atoms with Crippen molar-refractivity contribution >= 4 is 40.6 Å². The summed E-state index contributed by atoms with van der Waals surface area (Å²) in [5.41, 5.74) is 10.3. The zero-order valence-corrected chi connectivity index (χ0v) is 40.5. The van der Waals surface area contributed by atoms with Gasteiger partial charge in [-0.3, -0.25) is 23.9 Å². The number of amides is 2. The van der Waals surface area contributed by atoms with Crippen LogP contribution in [0.3, 0.4) is 0 Å². The van der Waals surface area contributed by atoms with E-state index in [-0.39, 0.29) is 50.0 Å². The molecular formula is C49H57N15O6S. The molecule has 2 aliphatic heterocycles. The van der Waals surface area contributed by atoms with Gasteiger partial charge in [0.15, 0.2) is 22.1 Å². The topological polar surface area (TPSA) is 271 Å². The summed E-state index contributed by atoms with van der Waals surface area (Å²) in [6.07, 6.45) is 5.18. The van der Waals surface area contributed by atoms with Crippen molar-refractivity contribution in [2.45, 2.75) is 63.5 Å². The molecule has 2 aliphatic rings. The molecule has 8 rings (SSSR count). The van der Waals surface area contributed by atoms with Crippen LogP contribution in [0.1, 0.15) is 54.5 Å². The molecule has 22 heteroatoms. The van der Waals surface area contributed by atoms with E-state index in [2.05, 4.69) is 82.0 Å². The van der Waals surface area contributed by atoms with E-state index in [1.807, 2.05) is 36.4 Å². The first kappa shape index (κ1) is 50.2. The van der Waals surface area contributed by atoms with Crippen molar-refractivity contribution in [2.24, 2.45) is 17.6 Å². The molecule has 0 aliphatic carbocycles. The van der Waals surface area contributed by atoms with Crippen LogP contribution in [0.15, 0.2) is 75.7 Å². The number of hydrogen-bond donors (Lipinski definition) is 6.